The number of pyridine rings is 1. The molecule has 0 unspecified atom stereocenters. The van der Waals surface area contributed by atoms with E-state index in [9.17, 15) is 10.2 Å². The molecule has 1 aromatic heterocycles. The molecular formula is C11H12NO2S+. The molecule has 0 atom stereocenters. The predicted molar refractivity (Wildman–Crippen MR) is 60.2 cm³/mol. The number of hydrogen-bond donors (Lipinski definition) is 2. The summed E-state index contributed by atoms with van der Waals surface area (Å²) in [5.41, 5.74) is 0.900. The number of aromatic nitrogens is 1. The first-order valence-corrected chi connectivity index (χ1v) is 5.74. The van der Waals surface area contributed by atoms with Crippen molar-refractivity contribution >= 4 is 22.7 Å². The van der Waals surface area contributed by atoms with Crippen molar-refractivity contribution in [2.45, 2.75) is 4.90 Å². The van der Waals surface area contributed by atoms with Crippen molar-refractivity contribution < 1.29 is 14.8 Å². The summed E-state index contributed by atoms with van der Waals surface area (Å²) < 4.78 is 1.57. The number of aryl methyl sites for hydroxylation is 1. The predicted octanol–water partition coefficient (Wildman–Crippen LogP) is 1.80. The number of rotatable bonds is 1. The average molecular weight is 222 g/mol. The minimum Gasteiger partial charge on any atom is -0.500 e. The Balaban J connectivity index is 2.81. The van der Waals surface area contributed by atoms with Crippen LogP contribution in [0.4, 0.5) is 0 Å². The number of thioether (sulfide) groups is 1. The smallest absolute Gasteiger partial charge is 0.409 e. The quantitative estimate of drug-likeness (QED) is 0.571. The molecule has 2 rings (SSSR count). The number of benzene rings is 1. The van der Waals surface area contributed by atoms with Crippen LogP contribution in [0.5, 0.6) is 11.6 Å². The number of fused-ring (bicyclic) bond motifs is 1. The van der Waals surface area contributed by atoms with Crippen LogP contribution in [-0.2, 0) is 7.05 Å². The maximum absolute atomic E-state index is 9.57. The lowest BCUT2D eigenvalue weighted by molar-refractivity contribution is -0.652. The minimum absolute atomic E-state index is 0.0955. The molecule has 0 aliphatic rings. The van der Waals surface area contributed by atoms with Gasteiger partial charge >= 0.3 is 5.88 Å². The Kier molecular flexibility index (Phi) is 2.44. The molecule has 0 spiro atoms. The zero-order valence-corrected chi connectivity index (χ0v) is 9.38. The van der Waals surface area contributed by atoms with Gasteiger partial charge in [0.1, 0.15) is 7.05 Å². The van der Waals surface area contributed by atoms with Crippen LogP contribution in [0, 0.1) is 0 Å². The summed E-state index contributed by atoms with van der Waals surface area (Å²) in [6.45, 7) is 0. The van der Waals surface area contributed by atoms with E-state index >= 15 is 0 Å². The molecule has 4 heteroatoms. The first-order chi connectivity index (χ1) is 7.13. The molecule has 0 fully saturated rings. The van der Waals surface area contributed by atoms with Crippen molar-refractivity contribution in [1.29, 1.82) is 0 Å². The molecule has 15 heavy (non-hydrogen) atoms. The average Bonchev–Trinajstić information content (AvgIpc) is 2.26. The third kappa shape index (κ3) is 1.61. The summed E-state index contributed by atoms with van der Waals surface area (Å²) in [7, 11) is 1.72. The van der Waals surface area contributed by atoms with E-state index in [2.05, 4.69) is 0 Å². The Morgan fingerprint density at radius 1 is 1.20 bits per heavy atom. The molecule has 2 N–H and O–H groups in total. The molecule has 1 heterocycles. The van der Waals surface area contributed by atoms with E-state index in [0.29, 0.717) is 0 Å². The Hall–Kier alpha value is -1.42. The Morgan fingerprint density at radius 3 is 2.60 bits per heavy atom. The summed E-state index contributed by atoms with van der Waals surface area (Å²) in [6, 6.07) is 7.47. The van der Waals surface area contributed by atoms with Crippen LogP contribution in [0.2, 0.25) is 0 Å². The molecule has 0 amide bonds. The third-order valence-corrected chi connectivity index (χ3v) is 3.16. The van der Waals surface area contributed by atoms with Crippen LogP contribution in [0.3, 0.4) is 0 Å². The van der Waals surface area contributed by atoms with Gasteiger partial charge in [0.25, 0.3) is 0 Å². The van der Waals surface area contributed by atoms with Gasteiger partial charge in [-0.3, -0.25) is 0 Å². The maximum atomic E-state index is 9.57. The molecule has 2 aromatic rings. The van der Waals surface area contributed by atoms with Gasteiger partial charge in [-0.05, 0) is 18.4 Å². The fourth-order valence-corrected chi connectivity index (χ4v) is 1.99. The Labute approximate surface area is 92.0 Å². The van der Waals surface area contributed by atoms with Gasteiger partial charge in [-0.1, -0.05) is 0 Å². The third-order valence-electron chi connectivity index (χ3n) is 2.44. The second-order valence-corrected chi connectivity index (χ2v) is 4.22. The van der Waals surface area contributed by atoms with Crippen LogP contribution in [-0.4, -0.2) is 16.5 Å². The fourth-order valence-electron chi connectivity index (χ4n) is 1.56. The van der Waals surface area contributed by atoms with Gasteiger partial charge in [-0.2, -0.15) is 4.57 Å². The van der Waals surface area contributed by atoms with Crippen molar-refractivity contribution in [3.8, 4) is 11.6 Å². The van der Waals surface area contributed by atoms with Crippen molar-refractivity contribution in [2.75, 3.05) is 6.26 Å². The normalized spacial score (nSPS) is 10.8. The van der Waals surface area contributed by atoms with Gasteiger partial charge in [0, 0.05) is 17.0 Å². The highest BCUT2D eigenvalue weighted by Crippen LogP contribution is 2.27. The van der Waals surface area contributed by atoms with Crippen LogP contribution in [0.15, 0.2) is 29.2 Å². The lowest BCUT2D eigenvalue weighted by Gasteiger charge is -2.02. The van der Waals surface area contributed by atoms with Gasteiger partial charge in [0.05, 0.1) is 5.39 Å². The van der Waals surface area contributed by atoms with Crippen molar-refractivity contribution in [3.63, 3.8) is 0 Å². The lowest BCUT2D eigenvalue weighted by atomic mass is 10.2. The molecule has 3 nitrogen and oxygen atoms in total. The van der Waals surface area contributed by atoms with Crippen molar-refractivity contribution in [1.82, 2.24) is 0 Å². The topological polar surface area (TPSA) is 44.3 Å². The zero-order valence-electron chi connectivity index (χ0n) is 8.56. The molecule has 0 radical (unpaired) electrons. The van der Waals surface area contributed by atoms with E-state index in [1.807, 2.05) is 24.5 Å². The van der Waals surface area contributed by atoms with Crippen LogP contribution < -0.4 is 4.57 Å². The summed E-state index contributed by atoms with van der Waals surface area (Å²) in [5, 5.41) is 19.9. The number of aromatic hydroxyl groups is 2. The van der Waals surface area contributed by atoms with Crippen LogP contribution in [0.25, 0.3) is 10.9 Å². The second-order valence-electron chi connectivity index (χ2n) is 3.34. The maximum Gasteiger partial charge on any atom is 0.409 e. The molecule has 1 aromatic carbocycles. The van der Waals surface area contributed by atoms with E-state index in [1.54, 1.807) is 29.4 Å². The Bertz CT molecular complexity index is 525. The highest BCUT2D eigenvalue weighted by atomic mass is 32.2. The monoisotopic (exact) mass is 222 g/mol. The minimum atomic E-state index is -0.110. The molecule has 78 valence electrons. The first-order valence-electron chi connectivity index (χ1n) is 4.52. The van der Waals surface area contributed by atoms with Gasteiger partial charge in [0.15, 0.2) is 0 Å². The van der Waals surface area contributed by atoms with Gasteiger partial charge in [0.2, 0.25) is 11.3 Å². The van der Waals surface area contributed by atoms with Crippen molar-refractivity contribution in [3.05, 3.63) is 24.3 Å². The number of hydrogen-bond acceptors (Lipinski definition) is 3. The van der Waals surface area contributed by atoms with Crippen LogP contribution in [0.1, 0.15) is 0 Å². The summed E-state index contributed by atoms with van der Waals surface area (Å²) in [5.74, 6) is -0.206. The molecule has 0 aliphatic carbocycles. The van der Waals surface area contributed by atoms with E-state index in [4.69, 9.17) is 0 Å². The zero-order chi connectivity index (χ0) is 11.0. The highest BCUT2D eigenvalue weighted by Gasteiger charge is 2.16. The molecule has 0 saturated heterocycles. The lowest BCUT2D eigenvalue weighted by Crippen LogP contribution is -2.29. The van der Waals surface area contributed by atoms with E-state index < -0.39 is 0 Å². The first kappa shape index (κ1) is 10.1. The van der Waals surface area contributed by atoms with E-state index in [-0.39, 0.29) is 11.6 Å². The fraction of sp³-hybridized carbons (Fsp3) is 0.182. The van der Waals surface area contributed by atoms with Crippen molar-refractivity contribution in [2.24, 2.45) is 7.05 Å². The summed E-state index contributed by atoms with van der Waals surface area (Å²) >= 11 is 1.64. The molecule has 0 bridgehead atoms. The standard InChI is InChI=1S/C11H11NO2S/c1-12-9-6-8(15-2)4-3-7(9)5-10(13)11(12)14/h3-6,13H,1-2H3/p+1. The molecule has 0 aliphatic heterocycles. The second kappa shape index (κ2) is 3.62. The van der Waals surface area contributed by atoms with E-state index in [1.165, 1.54) is 0 Å². The number of nitrogens with zero attached hydrogens (tertiary/aromatic N) is 1. The summed E-state index contributed by atoms with van der Waals surface area (Å²) in [6.07, 6.45) is 2.00. The Morgan fingerprint density at radius 2 is 1.93 bits per heavy atom. The van der Waals surface area contributed by atoms with Crippen LogP contribution >= 0.6 is 11.8 Å². The van der Waals surface area contributed by atoms with Gasteiger partial charge in [-0.15, -0.1) is 11.8 Å². The van der Waals surface area contributed by atoms with Gasteiger partial charge < -0.3 is 10.2 Å². The molecule has 0 saturated carbocycles. The van der Waals surface area contributed by atoms with E-state index in [0.717, 1.165) is 15.8 Å². The molecular weight excluding hydrogens is 210 g/mol. The highest BCUT2D eigenvalue weighted by molar-refractivity contribution is 7.98. The largest absolute Gasteiger partial charge is 0.500 e. The SMILES string of the molecule is CSc1ccc2cc(O)c(O)[n+](C)c2c1. The van der Waals surface area contributed by atoms with Gasteiger partial charge in [-0.25, -0.2) is 0 Å². The summed E-state index contributed by atoms with van der Waals surface area (Å²) in [4.78, 5) is 1.13.